The summed E-state index contributed by atoms with van der Waals surface area (Å²) in [6, 6.07) is 1.70. The van der Waals surface area contributed by atoms with Crippen molar-refractivity contribution in [3.8, 4) is 0 Å². The third-order valence-corrected chi connectivity index (χ3v) is 1.38. The van der Waals surface area contributed by atoms with E-state index in [1.807, 2.05) is 0 Å². The summed E-state index contributed by atoms with van der Waals surface area (Å²) in [5, 5.41) is 2.68. The highest BCUT2D eigenvalue weighted by Crippen LogP contribution is 2.07. The zero-order valence-electron chi connectivity index (χ0n) is 6.75. The van der Waals surface area contributed by atoms with E-state index in [-0.39, 0.29) is 5.91 Å². The van der Waals surface area contributed by atoms with Crippen LogP contribution in [0.1, 0.15) is 12.8 Å². The second-order valence-electron chi connectivity index (χ2n) is 2.39. The lowest BCUT2D eigenvalue weighted by atomic mass is 10.3. The van der Waals surface area contributed by atoms with Gasteiger partial charge < -0.3 is 9.73 Å². The summed E-state index contributed by atoms with van der Waals surface area (Å²) in [7, 11) is 0. The SMILES string of the molecule is C=CCCC(=O)Nc1ccoc1. The standard InChI is InChI=1S/C9H11NO2/c1-2-3-4-9(11)10-8-5-6-12-7-8/h2,5-7H,1,3-4H2,(H,10,11). The summed E-state index contributed by atoms with van der Waals surface area (Å²) in [5.74, 6) is -0.0173. The first-order chi connectivity index (χ1) is 5.83. The molecule has 0 aromatic carbocycles. The van der Waals surface area contributed by atoms with Gasteiger partial charge in [0.2, 0.25) is 5.91 Å². The molecule has 0 saturated heterocycles. The fourth-order valence-electron chi connectivity index (χ4n) is 0.792. The van der Waals surface area contributed by atoms with Gasteiger partial charge in [0.15, 0.2) is 0 Å². The summed E-state index contributed by atoms with van der Waals surface area (Å²) in [4.78, 5) is 11.1. The number of furan rings is 1. The third-order valence-electron chi connectivity index (χ3n) is 1.38. The second-order valence-corrected chi connectivity index (χ2v) is 2.39. The summed E-state index contributed by atoms with van der Waals surface area (Å²) in [5.41, 5.74) is 0.698. The van der Waals surface area contributed by atoms with Crippen LogP contribution >= 0.6 is 0 Å². The van der Waals surface area contributed by atoms with Crippen molar-refractivity contribution < 1.29 is 9.21 Å². The van der Waals surface area contributed by atoms with Crippen LogP contribution in [0.25, 0.3) is 0 Å². The van der Waals surface area contributed by atoms with Gasteiger partial charge in [0.25, 0.3) is 0 Å². The molecular weight excluding hydrogens is 154 g/mol. The summed E-state index contributed by atoms with van der Waals surface area (Å²) >= 11 is 0. The molecule has 1 aromatic rings. The van der Waals surface area contributed by atoms with Crippen molar-refractivity contribution in [3.05, 3.63) is 31.2 Å². The van der Waals surface area contributed by atoms with E-state index >= 15 is 0 Å². The van der Waals surface area contributed by atoms with Crippen molar-refractivity contribution in [2.24, 2.45) is 0 Å². The van der Waals surface area contributed by atoms with Crippen LogP contribution in [0.2, 0.25) is 0 Å². The minimum absolute atomic E-state index is 0.0173. The van der Waals surface area contributed by atoms with Crippen molar-refractivity contribution in [2.45, 2.75) is 12.8 Å². The monoisotopic (exact) mass is 165 g/mol. The maximum absolute atomic E-state index is 11.1. The Kier molecular flexibility index (Phi) is 3.14. The average molecular weight is 165 g/mol. The maximum atomic E-state index is 11.1. The number of amides is 1. The topological polar surface area (TPSA) is 42.2 Å². The Morgan fingerprint density at radius 1 is 1.75 bits per heavy atom. The first kappa shape index (κ1) is 8.59. The molecule has 1 rings (SSSR count). The maximum Gasteiger partial charge on any atom is 0.224 e. The van der Waals surface area contributed by atoms with E-state index in [1.165, 1.54) is 12.5 Å². The molecule has 0 aliphatic carbocycles. The lowest BCUT2D eigenvalue weighted by Gasteiger charge is -1.98. The van der Waals surface area contributed by atoms with Crippen molar-refractivity contribution in [2.75, 3.05) is 5.32 Å². The van der Waals surface area contributed by atoms with Crippen LogP contribution in [-0.2, 0) is 4.79 Å². The summed E-state index contributed by atoms with van der Waals surface area (Å²) in [6.45, 7) is 3.53. The molecular formula is C9H11NO2. The Balaban J connectivity index is 2.32. The van der Waals surface area contributed by atoms with Crippen LogP contribution in [0.3, 0.4) is 0 Å². The van der Waals surface area contributed by atoms with Crippen LogP contribution in [0.5, 0.6) is 0 Å². The molecule has 0 radical (unpaired) electrons. The van der Waals surface area contributed by atoms with Gasteiger partial charge in [-0.1, -0.05) is 6.08 Å². The van der Waals surface area contributed by atoms with Crippen LogP contribution in [0, 0.1) is 0 Å². The second kappa shape index (κ2) is 4.38. The Labute approximate surface area is 71.1 Å². The Morgan fingerprint density at radius 3 is 3.17 bits per heavy atom. The number of rotatable bonds is 4. The summed E-state index contributed by atoms with van der Waals surface area (Å²) < 4.78 is 4.78. The molecule has 0 spiro atoms. The van der Waals surface area contributed by atoms with Crippen molar-refractivity contribution in [1.29, 1.82) is 0 Å². The van der Waals surface area contributed by atoms with Gasteiger partial charge in [0.05, 0.1) is 12.0 Å². The molecule has 0 atom stereocenters. The fourth-order valence-corrected chi connectivity index (χ4v) is 0.792. The van der Waals surface area contributed by atoms with Gasteiger partial charge in [-0.2, -0.15) is 0 Å². The van der Waals surface area contributed by atoms with Gasteiger partial charge in [-0.15, -0.1) is 6.58 Å². The van der Waals surface area contributed by atoms with E-state index in [9.17, 15) is 4.79 Å². The predicted molar refractivity (Wildman–Crippen MR) is 46.8 cm³/mol. The number of anilines is 1. The first-order valence-electron chi connectivity index (χ1n) is 3.76. The van der Waals surface area contributed by atoms with Gasteiger partial charge in [0, 0.05) is 6.42 Å². The molecule has 1 N–H and O–H groups in total. The van der Waals surface area contributed by atoms with Crippen LogP contribution in [0.4, 0.5) is 5.69 Å². The molecule has 0 bridgehead atoms. The molecule has 1 aromatic heterocycles. The smallest absolute Gasteiger partial charge is 0.224 e. The lowest BCUT2D eigenvalue weighted by molar-refractivity contribution is -0.116. The minimum Gasteiger partial charge on any atom is -0.470 e. The molecule has 0 fully saturated rings. The van der Waals surface area contributed by atoms with Gasteiger partial charge in [-0.05, 0) is 12.5 Å². The van der Waals surface area contributed by atoms with Gasteiger partial charge in [0.1, 0.15) is 6.26 Å². The zero-order valence-corrected chi connectivity index (χ0v) is 6.75. The van der Waals surface area contributed by atoms with Gasteiger partial charge >= 0.3 is 0 Å². The number of allylic oxidation sites excluding steroid dienone is 1. The molecule has 0 aliphatic rings. The molecule has 1 amide bonds. The van der Waals surface area contributed by atoms with E-state index in [0.717, 1.165) is 0 Å². The quantitative estimate of drug-likeness (QED) is 0.695. The zero-order chi connectivity index (χ0) is 8.81. The molecule has 0 saturated carbocycles. The lowest BCUT2D eigenvalue weighted by Crippen LogP contribution is -2.09. The number of carbonyl (C=O) groups excluding carboxylic acids is 1. The van der Waals surface area contributed by atoms with E-state index < -0.39 is 0 Å². The first-order valence-corrected chi connectivity index (χ1v) is 3.76. The number of hydrogen-bond acceptors (Lipinski definition) is 2. The van der Waals surface area contributed by atoms with Crippen molar-refractivity contribution >= 4 is 11.6 Å². The third kappa shape index (κ3) is 2.62. The summed E-state index contributed by atoms with van der Waals surface area (Å²) in [6.07, 6.45) is 5.89. The number of hydrogen-bond donors (Lipinski definition) is 1. The molecule has 0 aliphatic heterocycles. The van der Waals surface area contributed by atoms with Gasteiger partial charge in [-0.25, -0.2) is 0 Å². The van der Waals surface area contributed by atoms with E-state index in [2.05, 4.69) is 11.9 Å². The molecule has 0 unspecified atom stereocenters. The van der Waals surface area contributed by atoms with Crippen molar-refractivity contribution in [3.63, 3.8) is 0 Å². The van der Waals surface area contributed by atoms with Crippen molar-refractivity contribution in [1.82, 2.24) is 0 Å². The van der Waals surface area contributed by atoms with Crippen LogP contribution in [0.15, 0.2) is 35.7 Å². The normalized spacial score (nSPS) is 9.33. The molecule has 64 valence electrons. The molecule has 3 nitrogen and oxygen atoms in total. The predicted octanol–water partition coefficient (Wildman–Crippen LogP) is 2.18. The fraction of sp³-hybridized carbons (Fsp3) is 0.222. The average Bonchev–Trinajstić information content (AvgIpc) is 2.53. The minimum atomic E-state index is -0.0173. The molecule has 12 heavy (non-hydrogen) atoms. The largest absolute Gasteiger partial charge is 0.470 e. The Hall–Kier alpha value is -1.51. The highest BCUT2D eigenvalue weighted by atomic mass is 16.3. The molecule has 3 heteroatoms. The van der Waals surface area contributed by atoms with Crippen LogP contribution < -0.4 is 5.32 Å². The highest BCUT2D eigenvalue weighted by molar-refractivity contribution is 5.90. The van der Waals surface area contributed by atoms with E-state index in [4.69, 9.17) is 4.42 Å². The Morgan fingerprint density at radius 2 is 2.58 bits per heavy atom. The Bertz CT molecular complexity index is 252. The van der Waals surface area contributed by atoms with Crippen LogP contribution in [-0.4, -0.2) is 5.91 Å². The number of nitrogens with one attached hydrogen (secondary N) is 1. The number of carbonyl (C=O) groups is 1. The van der Waals surface area contributed by atoms with Gasteiger partial charge in [-0.3, -0.25) is 4.79 Å². The molecule has 1 heterocycles. The van der Waals surface area contributed by atoms with E-state index in [1.54, 1.807) is 12.1 Å². The van der Waals surface area contributed by atoms with E-state index in [0.29, 0.717) is 18.5 Å². The highest BCUT2D eigenvalue weighted by Gasteiger charge is 2.00.